The zero-order valence-electron chi connectivity index (χ0n) is 11.4. The van der Waals surface area contributed by atoms with Crippen molar-refractivity contribution in [3.63, 3.8) is 0 Å². The number of benzene rings is 1. The quantitative estimate of drug-likeness (QED) is 0.694. The lowest BCUT2D eigenvalue weighted by Gasteiger charge is -2.05. The highest BCUT2D eigenvalue weighted by Crippen LogP contribution is 2.15. The third-order valence-electron chi connectivity index (χ3n) is 3.10. The second-order valence-corrected chi connectivity index (χ2v) is 5.06. The van der Waals surface area contributed by atoms with E-state index in [-0.39, 0.29) is 17.9 Å². The minimum absolute atomic E-state index is 0.144. The number of Topliss-reactive ketones (excluding diaryl/α,β-unsaturated/α-hetero) is 1. The second-order valence-electron chi connectivity index (χ2n) is 4.62. The normalized spacial score (nSPS) is 10.6. The summed E-state index contributed by atoms with van der Waals surface area (Å²) >= 11 is 5.79. The van der Waals surface area contributed by atoms with Crippen molar-refractivity contribution in [1.29, 1.82) is 0 Å². The number of carbonyl (C=O) groups is 1. The van der Waals surface area contributed by atoms with Crippen molar-refractivity contribution in [3.8, 4) is 11.5 Å². The van der Waals surface area contributed by atoms with Crippen molar-refractivity contribution in [3.05, 3.63) is 75.7 Å². The smallest absolute Gasteiger partial charge is 0.267 e. The van der Waals surface area contributed by atoms with Gasteiger partial charge in [0.15, 0.2) is 11.5 Å². The average Bonchev–Trinajstić information content (AvgIpc) is 3.04. The standard InChI is InChI=1S/C16H11ClN2O3/c17-12-5-3-11(4-6-12)14(20)10-19-16(21)8-7-13(18-19)15-2-1-9-22-15/h1-9H,10H2. The molecule has 22 heavy (non-hydrogen) atoms. The van der Waals surface area contributed by atoms with Crippen LogP contribution in [0.25, 0.3) is 11.5 Å². The van der Waals surface area contributed by atoms with Crippen LogP contribution in [0.15, 0.2) is 64.0 Å². The van der Waals surface area contributed by atoms with Gasteiger partial charge in [-0.15, -0.1) is 0 Å². The monoisotopic (exact) mass is 314 g/mol. The van der Waals surface area contributed by atoms with Gasteiger partial charge in [0.25, 0.3) is 5.56 Å². The lowest BCUT2D eigenvalue weighted by molar-refractivity contribution is 0.0966. The third-order valence-corrected chi connectivity index (χ3v) is 3.35. The number of aromatic nitrogens is 2. The fraction of sp³-hybridized carbons (Fsp3) is 0.0625. The second kappa shape index (κ2) is 5.99. The van der Waals surface area contributed by atoms with Crippen LogP contribution in [0.4, 0.5) is 0 Å². The summed E-state index contributed by atoms with van der Waals surface area (Å²) in [5, 5.41) is 4.71. The topological polar surface area (TPSA) is 65.1 Å². The van der Waals surface area contributed by atoms with Crippen LogP contribution in [-0.2, 0) is 6.54 Å². The van der Waals surface area contributed by atoms with E-state index in [9.17, 15) is 9.59 Å². The summed E-state index contributed by atoms with van der Waals surface area (Å²) in [6, 6.07) is 12.9. The van der Waals surface area contributed by atoms with Crippen LogP contribution in [-0.4, -0.2) is 15.6 Å². The van der Waals surface area contributed by atoms with Gasteiger partial charge in [-0.2, -0.15) is 5.10 Å². The zero-order valence-corrected chi connectivity index (χ0v) is 12.2. The molecule has 1 aromatic carbocycles. The summed E-state index contributed by atoms with van der Waals surface area (Å²) in [5.41, 5.74) is 0.618. The molecule has 0 fully saturated rings. The summed E-state index contributed by atoms with van der Waals surface area (Å²) < 4.78 is 6.36. The number of furan rings is 1. The zero-order chi connectivity index (χ0) is 15.5. The van der Waals surface area contributed by atoms with Crippen LogP contribution in [0, 0.1) is 0 Å². The summed E-state index contributed by atoms with van der Waals surface area (Å²) in [7, 11) is 0. The molecule has 110 valence electrons. The van der Waals surface area contributed by atoms with Gasteiger partial charge in [0.05, 0.1) is 6.26 Å². The predicted octanol–water partition coefficient (Wildman–Crippen LogP) is 3.04. The molecule has 5 nitrogen and oxygen atoms in total. The molecule has 0 aliphatic heterocycles. The van der Waals surface area contributed by atoms with E-state index >= 15 is 0 Å². The molecule has 0 saturated heterocycles. The van der Waals surface area contributed by atoms with Crippen molar-refractivity contribution in [2.24, 2.45) is 0 Å². The van der Waals surface area contributed by atoms with Crippen molar-refractivity contribution >= 4 is 17.4 Å². The third kappa shape index (κ3) is 2.99. The van der Waals surface area contributed by atoms with Gasteiger partial charge >= 0.3 is 0 Å². The first kappa shape index (κ1) is 14.3. The molecule has 3 aromatic rings. The summed E-state index contributed by atoms with van der Waals surface area (Å²) in [6.07, 6.45) is 1.52. The molecule has 0 atom stereocenters. The molecule has 0 saturated carbocycles. The molecule has 0 N–H and O–H groups in total. The lowest BCUT2D eigenvalue weighted by Crippen LogP contribution is -2.26. The first-order valence-corrected chi connectivity index (χ1v) is 6.92. The number of halogens is 1. The maximum absolute atomic E-state index is 12.2. The Morgan fingerprint density at radius 3 is 2.59 bits per heavy atom. The molecule has 0 unspecified atom stereocenters. The largest absolute Gasteiger partial charge is 0.463 e. The number of ketones is 1. The van der Waals surface area contributed by atoms with Crippen LogP contribution in [0.3, 0.4) is 0 Å². The molecular weight excluding hydrogens is 304 g/mol. The predicted molar refractivity (Wildman–Crippen MR) is 82.0 cm³/mol. The maximum Gasteiger partial charge on any atom is 0.267 e. The summed E-state index contributed by atoms with van der Waals surface area (Å²) in [4.78, 5) is 24.1. The van der Waals surface area contributed by atoms with Crippen LogP contribution < -0.4 is 5.56 Å². The van der Waals surface area contributed by atoms with Gasteiger partial charge in [0.2, 0.25) is 0 Å². The van der Waals surface area contributed by atoms with Crippen molar-refractivity contribution < 1.29 is 9.21 Å². The van der Waals surface area contributed by atoms with E-state index in [0.717, 1.165) is 4.68 Å². The fourth-order valence-electron chi connectivity index (χ4n) is 1.98. The van der Waals surface area contributed by atoms with E-state index in [1.807, 2.05) is 0 Å². The highest BCUT2D eigenvalue weighted by atomic mass is 35.5. The number of carbonyl (C=O) groups excluding carboxylic acids is 1. The Labute approximate surface area is 130 Å². The van der Waals surface area contributed by atoms with Gasteiger partial charge in [-0.25, -0.2) is 4.68 Å². The molecule has 2 heterocycles. The number of rotatable bonds is 4. The molecule has 0 bridgehead atoms. The minimum Gasteiger partial charge on any atom is -0.463 e. The van der Waals surface area contributed by atoms with Gasteiger partial charge < -0.3 is 4.42 Å². The van der Waals surface area contributed by atoms with Crippen LogP contribution in [0.2, 0.25) is 5.02 Å². The molecule has 0 aliphatic carbocycles. The van der Waals surface area contributed by atoms with Crippen molar-refractivity contribution in [2.75, 3.05) is 0 Å². The van der Waals surface area contributed by atoms with Gasteiger partial charge in [0.1, 0.15) is 12.2 Å². The van der Waals surface area contributed by atoms with Gasteiger partial charge in [-0.1, -0.05) is 11.6 Å². The van der Waals surface area contributed by atoms with E-state index in [4.69, 9.17) is 16.0 Å². The van der Waals surface area contributed by atoms with E-state index in [2.05, 4.69) is 5.10 Å². The van der Waals surface area contributed by atoms with Crippen LogP contribution >= 0.6 is 11.6 Å². The first-order chi connectivity index (χ1) is 10.6. The Kier molecular flexibility index (Phi) is 3.89. The fourth-order valence-corrected chi connectivity index (χ4v) is 2.11. The van der Waals surface area contributed by atoms with E-state index in [0.29, 0.717) is 22.0 Å². The Bertz CT molecular complexity index is 852. The molecule has 0 amide bonds. The maximum atomic E-state index is 12.2. The highest BCUT2D eigenvalue weighted by Gasteiger charge is 2.11. The Morgan fingerprint density at radius 2 is 1.91 bits per heavy atom. The van der Waals surface area contributed by atoms with Gasteiger partial charge in [0, 0.05) is 16.7 Å². The minimum atomic E-state index is -0.349. The molecule has 2 aromatic heterocycles. The summed E-state index contributed by atoms with van der Waals surface area (Å²) in [5.74, 6) is 0.315. The van der Waals surface area contributed by atoms with Crippen molar-refractivity contribution in [1.82, 2.24) is 9.78 Å². The molecule has 0 radical (unpaired) electrons. The number of hydrogen-bond acceptors (Lipinski definition) is 4. The van der Waals surface area contributed by atoms with E-state index < -0.39 is 0 Å². The molecule has 0 spiro atoms. The molecule has 3 rings (SSSR count). The van der Waals surface area contributed by atoms with E-state index in [1.54, 1.807) is 42.5 Å². The van der Waals surface area contributed by atoms with Gasteiger partial charge in [-0.05, 0) is 42.5 Å². The van der Waals surface area contributed by atoms with E-state index in [1.165, 1.54) is 12.3 Å². The number of hydrogen-bond donors (Lipinski definition) is 0. The molecule has 6 heteroatoms. The lowest BCUT2D eigenvalue weighted by atomic mass is 10.1. The molecular formula is C16H11ClN2O3. The Balaban J connectivity index is 1.88. The number of nitrogens with zero attached hydrogens (tertiary/aromatic N) is 2. The van der Waals surface area contributed by atoms with Crippen LogP contribution in [0.1, 0.15) is 10.4 Å². The van der Waals surface area contributed by atoms with Gasteiger partial charge in [-0.3, -0.25) is 9.59 Å². The Hall–Kier alpha value is -2.66. The SMILES string of the molecule is O=C(Cn1nc(-c2ccco2)ccc1=O)c1ccc(Cl)cc1. The highest BCUT2D eigenvalue weighted by molar-refractivity contribution is 6.30. The summed E-state index contributed by atoms with van der Waals surface area (Å²) in [6.45, 7) is -0.144. The molecule has 0 aliphatic rings. The van der Waals surface area contributed by atoms with Crippen LogP contribution in [0.5, 0.6) is 0 Å². The average molecular weight is 315 g/mol. The first-order valence-electron chi connectivity index (χ1n) is 6.54. The Morgan fingerprint density at radius 1 is 1.14 bits per heavy atom. The van der Waals surface area contributed by atoms with Crippen molar-refractivity contribution in [2.45, 2.75) is 6.54 Å².